The summed E-state index contributed by atoms with van der Waals surface area (Å²) in [5.74, 6) is -0.0556. The van der Waals surface area contributed by atoms with E-state index in [1.165, 1.54) is 0 Å². The fourth-order valence-electron chi connectivity index (χ4n) is 1.75. The minimum absolute atomic E-state index is 0.0306. The zero-order valence-electron chi connectivity index (χ0n) is 9.67. The lowest BCUT2D eigenvalue weighted by Gasteiger charge is -2.29. The monoisotopic (exact) mass is 212 g/mol. The Balaban J connectivity index is 2.62. The van der Waals surface area contributed by atoms with Crippen molar-refractivity contribution in [2.75, 3.05) is 0 Å². The molecule has 86 valence electrons. The van der Waals surface area contributed by atoms with Gasteiger partial charge in [0.25, 0.3) is 0 Å². The van der Waals surface area contributed by atoms with Gasteiger partial charge in [0.2, 0.25) is 11.8 Å². The molecule has 4 heteroatoms. The highest BCUT2D eigenvalue weighted by Gasteiger charge is 2.38. The van der Waals surface area contributed by atoms with E-state index in [9.17, 15) is 9.59 Å². The maximum absolute atomic E-state index is 11.6. The topological polar surface area (TPSA) is 72.2 Å². The van der Waals surface area contributed by atoms with Crippen LogP contribution in [0, 0.1) is 11.8 Å². The number of nitrogens with two attached hydrogens (primary N) is 1. The first-order valence-electron chi connectivity index (χ1n) is 5.47. The molecule has 0 radical (unpaired) electrons. The van der Waals surface area contributed by atoms with E-state index in [1.54, 1.807) is 6.92 Å². The van der Waals surface area contributed by atoms with E-state index < -0.39 is 11.4 Å². The van der Waals surface area contributed by atoms with Crippen molar-refractivity contribution in [1.29, 1.82) is 0 Å². The van der Waals surface area contributed by atoms with Gasteiger partial charge in [0.05, 0.1) is 0 Å². The van der Waals surface area contributed by atoms with Crippen LogP contribution in [0.15, 0.2) is 0 Å². The van der Waals surface area contributed by atoms with Crippen LogP contribution in [-0.4, -0.2) is 17.4 Å². The van der Waals surface area contributed by atoms with Crippen LogP contribution in [0.1, 0.15) is 40.0 Å². The van der Waals surface area contributed by atoms with E-state index in [4.69, 9.17) is 5.73 Å². The van der Waals surface area contributed by atoms with Crippen LogP contribution in [0.5, 0.6) is 0 Å². The molecule has 0 saturated heterocycles. The molecule has 0 aromatic heterocycles. The first-order chi connectivity index (χ1) is 6.85. The predicted octanol–water partition coefficient (Wildman–Crippen LogP) is 0.803. The van der Waals surface area contributed by atoms with E-state index in [-0.39, 0.29) is 11.8 Å². The number of carbonyl (C=O) groups excluding carboxylic acids is 2. The molecule has 15 heavy (non-hydrogen) atoms. The fraction of sp³-hybridized carbons (Fsp3) is 0.818. The Morgan fingerprint density at radius 3 is 2.33 bits per heavy atom. The van der Waals surface area contributed by atoms with Gasteiger partial charge in [0.15, 0.2) is 0 Å². The van der Waals surface area contributed by atoms with Gasteiger partial charge >= 0.3 is 0 Å². The van der Waals surface area contributed by atoms with Gasteiger partial charge in [0.1, 0.15) is 5.54 Å². The second-order valence-electron chi connectivity index (χ2n) is 5.06. The largest absolute Gasteiger partial charge is 0.368 e. The Morgan fingerprint density at radius 1 is 1.47 bits per heavy atom. The molecule has 0 aliphatic heterocycles. The Morgan fingerprint density at radius 2 is 2.00 bits per heavy atom. The third kappa shape index (κ3) is 3.22. The summed E-state index contributed by atoms with van der Waals surface area (Å²) in [6.07, 6.45) is 2.45. The number of primary amides is 1. The number of carbonyl (C=O) groups is 2. The predicted molar refractivity (Wildman–Crippen MR) is 57.9 cm³/mol. The molecule has 4 nitrogen and oxygen atoms in total. The van der Waals surface area contributed by atoms with Crippen LogP contribution < -0.4 is 11.1 Å². The van der Waals surface area contributed by atoms with Gasteiger partial charge in [-0.3, -0.25) is 9.59 Å². The standard InChI is InChI=1S/C11H20N2O2/c1-7(2)6-11(3,10(12)15)13-9(14)8-4-5-8/h7-8H,4-6H2,1-3H3,(H2,12,15)(H,13,14). The van der Waals surface area contributed by atoms with Crippen molar-refractivity contribution in [2.24, 2.45) is 17.6 Å². The third-order valence-electron chi connectivity index (χ3n) is 2.71. The maximum Gasteiger partial charge on any atom is 0.242 e. The van der Waals surface area contributed by atoms with Crippen LogP contribution >= 0.6 is 0 Å². The van der Waals surface area contributed by atoms with Crippen LogP contribution in [0.25, 0.3) is 0 Å². The highest BCUT2D eigenvalue weighted by molar-refractivity contribution is 5.91. The molecule has 1 unspecified atom stereocenters. The molecule has 1 saturated carbocycles. The average molecular weight is 212 g/mol. The van der Waals surface area contributed by atoms with Gasteiger partial charge in [0, 0.05) is 5.92 Å². The molecule has 1 aliphatic carbocycles. The Bertz CT molecular complexity index is 272. The minimum atomic E-state index is -0.895. The number of amides is 2. The Labute approximate surface area is 90.6 Å². The summed E-state index contributed by atoms with van der Waals surface area (Å²) in [7, 11) is 0. The Kier molecular flexibility index (Phi) is 3.37. The van der Waals surface area contributed by atoms with Crippen molar-refractivity contribution in [1.82, 2.24) is 5.32 Å². The number of hydrogen-bond donors (Lipinski definition) is 2. The molecule has 0 heterocycles. The summed E-state index contributed by atoms with van der Waals surface area (Å²) in [5.41, 5.74) is 4.44. The number of nitrogens with one attached hydrogen (secondary N) is 1. The van der Waals surface area contributed by atoms with E-state index in [0.29, 0.717) is 12.3 Å². The van der Waals surface area contributed by atoms with Crippen molar-refractivity contribution in [2.45, 2.75) is 45.6 Å². The highest BCUT2D eigenvalue weighted by atomic mass is 16.2. The van der Waals surface area contributed by atoms with Crippen LogP contribution in [-0.2, 0) is 9.59 Å². The lowest BCUT2D eigenvalue weighted by atomic mass is 9.90. The van der Waals surface area contributed by atoms with E-state index in [2.05, 4.69) is 5.32 Å². The zero-order chi connectivity index (χ0) is 11.6. The number of rotatable bonds is 5. The summed E-state index contributed by atoms with van der Waals surface area (Å²) in [6, 6.07) is 0. The highest BCUT2D eigenvalue weighted by Crippen LogP contribution is 2.30. The van der Waals surface area contributed by atoms with E-state index in [1.807, 2.05) is 13.8 Å². The minimum Gasteiger partial charge on any atom is -0.368 e. The molecule has 0 aromatic rings. The van der Waals surface area contributed by atoms with Crippen molar-refractivity contribution >= 4 is 11.8 Å². The fourth-order valence-corrected chi connectivity index (χ4v) is 1.75. The molecule has 0 aromatic carbocycles. The molecule has 0 bridgehead atoms. The summed E-state index contributed by atoms with van der Waals surface area (Å²) < 4.78 is 0. The van der Waals surface area contributed by atoms with Crippen molar-refractivity contribution in [3.05, 3.63) is 0 Å². The first-order valence-corrected chi connectivity index (χ1v) is 5.47. The van der Waals surface area contributed by atoms with Gasteiger partial charge in [-0.15, -0.1) is 0 Å². The quantitative estimate of drug-likeness (QED) is 0.707. The molecule has 2 amide bonds. The summed E-state index contributed by atoms with van der Waals surface area (Å²) in [4.78, 5) is 22.9. The average Bonchev–Trinajstić information content (AvgIpc) is 2.83. The van der Waals surface area contributed by atoms with Gasteiger partial charge in [-0.25, -0.2) is 0 Å². The summed E-state index contributed by atoms with van der Waals surface area (Å²) >= 11 is 0. The van der Waals surface area contributed by atoms with Gasteiger partial charge in [-0.1, -0.05) is 13.8 Å². The normalized spacial score (nSPS) is 19.7. The van der Waals surface area contributed by atoms with E-state index in [0.717, 1.165) is 12.8 Å². The van der Waals surface area contributed by atoms with E-state index >= 15 is 0 Å². The second kappa shape index (κ2) is 4.21. The van der Waals surface area contributed by atoms with Crippen molar-refractivity contribution < 1.29 is 9.59 Å². The van der Waals surface area contributed by atoms with Crippen LogP contribution in [0.2, 0.25) is 0 Å². The zero-order valence-corrected chi connectivity index (χ0v) is 9.67. The first kappa shape index (κ1) is 12.0. The maximum atomic E-state index is 11.6. The molecule has 3 N–H and O–H groups in total. The molecule has 1 aliphatic rings. The third-order valence-corrected chi connectivity index (χ3v) is 2.71. The summed E-state index contributed by atoms with van der Waals surface area (Å²) in [6.45, 7) is 5.71. The summed E-state index contributed by atoms with van der Waals surface area (Å²) in [5, 5.41) is 2.77. The molecule has 1 fully saturated rings. The SMILES string of the molecule is CC(C)CC(C)(NC(=O)C1CC1)C(N)=O. The second-order valence-corrected chi connectivity index (χ2v) is 5.06. The lowest BCUT2D eigenvalue weighted by molar-refractivity contribution is -0.132. The Hall–Kier alpha value is -1.06. The molecular weight excluding hydrogens is 192 g/mol. The van der Waals surface area contributed by atoms with Gasteiger partial charge in [-0.2, -0.15) is 0 Å². The molecular formula is C11H20N2O2. The lowest BCUT2D eigenvalue weighted by Crippen LogP contribution is -2.56. The van der Waals surface area contributed by atoms with Gasteiger partial charge in [-0.05, 0) is 32.1 Å². The van der Waals surface area contributed by atoms with Crippen LogP contribution in [0.4, 0.5) is 0 Å². The molecule has 1 atom stereocenters. The smallest absolute Gasteiger partial charge is 0.242 e. The molecule has 1 rings (SSSR count). The van der Waals surface area contributed by atoms with Crippen molar-refractivity contribution in [3.63, 3.8) is 0 Å². The van der Waals surface area contributed by atoms with Crippen LogP contribution in [0.3, 0.4) is 0 Å². The number of hydrogen-bond acceptors (Lipinski definition) is 2. The van der Waals surface area contributed by atoms with Gasteiger partial charge < -0.3 is 11.1 Å². The van der Waals surface area contributed by atoms with Crippen molar-refractivity contribution in [3.8, 4) is 0 Å². The molecule has 0 spiro atoms.